The molecule has 0 saturated heterocycles. The minimum Gasteiger partial charge on any atom is -0.350 e. The van der Waals surface area contributed by atoms with Crippen LogP contribution in [0.4, 0.5) is 0 Å². The van der Waals surface area contributed by atoms with Gasteiger partial charge in [-0.25, -0.2) is 0 Å². The molecule has 0 aromatic carbocycles. The van der Waals surface area contributed by atoms with Gasteiger partial charge in [-0.2, -0.15) is 0 Å². The first kappa shape index (κ1) is 19.4. The Labute approximate surface area is 125 Å². The van der Waals surface area contributed by atoms with Crippen LogP contribution in [0.5, 0.6) is 0 Å². The highest BCUT2D eigenvalue weighted by molar-refractivity contribution is 5.82. The van der Waals surface area contributed by atoms with Crippen molar-refractivity contribution in [2.24, 2.45) is 11.1 Å². The molecule has 4 heteroatoms. The van der Waals surface area contributed by atoms with E-state index in [1.54, 1.807) is 0 Å². The topological polar surface area (TPSA) is 58.4 Å². The molecule has 0 saturated carbocycles. The third kappa shape index (κ3) is 6.71. The van der Waals surface area contributed by atoms with E-state index < -0.39 is 0 Å². The average molecular weight is 285 g/mol. The molecule has 0 rings (SSSR count). The van der Waals surface area contributed by atoms with Gasteiger partial charge in [0.15, 0.2) is 0 Å². The van der Waals surface area contributed by atoms with E-state index in [-0.39, 0.29) is 22.9 Å². The second kappa shape index (κ2) is 7.99. The zero-order valence-corrected chi connectivity index (χ0v) is 14.5. The number of rotatable bonds is 9. The lowest BCUT2D eigenvalue weighted by Gasteiger charge is -2.36. The van der Waals surface area contributed by atoms with Crippen molar-refractivity contribution >= 4 is 5.91 Å². The van der Waals surface area contributed by atoms with Crippen LogP contribution in [0.25, 0.3) is 0 Å². The van der Waals surface area contributed by atoms with E-state index in [1.165, 1.54) is 0 Å². The van der Waals surface area contributed by atoms with Crippen molar-refractivity contribution in [3.05, 3.63) is 0 Å². The van der Waals surface area contributed by atoms with Crippen LogP contribution in [-0.4, -0.2) is 42.0 Å². The maximum atomic E-state index is 12.4. The molecule has 0 spiro atoms. The lowest BCUT2D eigenvalue weighted by atomic mass is 9.92. The van der Waals surface area contributed by atoms with Crippen LogP contribution in [0.2, 0.25) is 0 Å². The molecular formula is C16H35N3O. The van der Waals surface area contributed by atoms with E-state index in [1.807, 2.05) is 6.92 Å². The van der Waals surface area contributed by atoms with Crippen molar-refractivity contribution in [3.8, 4) is 0 Å². The van der Waals surface area contributed by atoms with Gasteiger partial charge in [0, 0.05) is 12.1 Å². The maximum absolute atomic E-state index is 12.4. The van der Waals surface area contributed by atoms with Crippen molar-refractivity contribution in [2.45, 2.75) is 72.9 Å². The van der Waals surface area contributed by atoms with E-state index in [0.29, 0.717) is 6.54 Å². The molecule has 120 valence electrons. The summed E-state index contributed by atoms with van der Waals surface area (Å²) >= 11 is 0. The Balaban J connectivity index is 4.79. The predicted molar refractivity (Wildman–Crippen MR) is 86.7 cm³/mol. The Morgan fingerprint density at radius 1 is 1.25 bits per heavy atom. The molecule has 1 amide bonds. The number of nitrogens with zero attached hydrogens (tertiary/aromatic N) is 1. The van der Waals surface area contributed by atoms with Gasteiger partial charge in [0.2, 0.25) is 5.91 Å². The standard InChI is InChI=1S/C16H35N3O/c1-8-10-19(12-15(4,5)11-17)13(3)14(20)18-16(6,7)9-2/h13H,8-12,17H2,1-7H3,(H,18,20). The molecule has 0 bridgehead atoms. The highest BCUT2D eigenvalue weighted by Crippen LogP contribution is 2.18. The van der Waals surface area contributed by atoms with Gasteiger partial charge >= 0.3 is 0 Å². The molecule has 0 fully saturated rings. The molecule has 0 radical (unpaired) electrons. The van der Waals surface area contributed by atoms with Gasteiger partial charge in [0.25, 0.3) is 0 Å². The third-order valence-electron chi connectivity index (χ3n) is 3.97. The molecule has 1 unspecified atom stereocenters. The van der Waals surface area contributed by atoms with Gasteiger partial charge in [0.1, 0.15) is 0 Å². The van der Waals surface area contributed by atoms with Crippen LogP contribution in [0, 0.1) is 5.41 Å². The van der Waals surface area contributed by atoms with Gasteiger partial charge in [0.05, 0.1) is 6.04 Å². The molecule has 0 aliphatic heterocycles. The number of amides is 1. The van der Waals surface area contributed by atoms with Crippen molar-refractivity contribution in [1.29, 1.82) is 0 Å². The minimum absolute atomic E-state index is 0.0317. The van der Waals surface area contributed by atoms with Crippen LogP contribution >= 0.6 is 0 Å². The fourth-order valence-electron chi connectivity index (χ4n) is 2.00. The summed E-state index contributed by atoms with van der Waals surface area (Å²) < 4.78 is 0. The van der Waals surface area contributed by atoms with Crippen molar-refractivity contribution in [1.82, 2.24) is 10.2 Å². The smallest absolute Gasteiger partial charge is 0.237 e. The molecule has 0 aromatic rings. The highest BCUT2D eigenvalue weighted by atomic mass is 16.2. The fourth-order valence-corrected chi connectivity index (χ4v) is 2.00. The summed E-state index contributed by atoms with van der Waals surface area (Å²) in [6.45, 7) is 17.0. The van der Waals surface area contributed by atoms with Crippen LogP contribution in [0.15, 0.2) is 0 Å². The Hall–Kier alpha value is -0.610. The van der Waals surface area contributed by atoms with E-state index in [2.05, 4.69) is 51.8 Å². The molecule has 1 atom stereocenters. The Bertz CT molecular complexity index is 300. The Morgan fingerprint density at radius 3 is 2.20 bits per heavy atom. The number of hydrogen-bond acceptors (Lipinski definition) is 3. The van der Waals surface area contributed by atoms with Crippen LogP contribution in [0.3, 0.4) is 0 Å². The van der Waals surface area contributed by atoms with Gasteiger partial charge < -0.3 is 11.1 Å². The normalized spacial score (nSPS) is 14.4. The summed E-state index contributed by atoms with van der Waals surface area (Å²) in [6.07, 6.45) is 1.96. The van der Waals surface area contributed by atoms with E-state index >= 15 is 0 Å². The van der Waals surface area contributed by atoms with Gasteiger partial charge in [-0.3, -0.25) is 9.69 Å². The van der Waals surface area contributed by atoms with Crippen LogP contribution < -0.4 is 11.1 Å². The molecule has 3 N–H and O–H groups in total. The van der Waals surface area contributed by atoms with Crippen molar-refractivity contribution in [3.63, 3.8) is 0 Å². The lowest BCUT2D eigenvalue weighted by Crippen LogP contribution is -2.54. The van der Waals surface area contributed by atoms with Crippen molar-refractivity contribution < 1.29 is 4.79 Å². The summed E-state index contributed by atoms with van der Waals surface area (Å²) in [5, 5.41) is 3.14. The minimum atomic E-state index is -0.146. The molecular weight excluding hydrogens is 250 g/mol. The Kier molecular flexibility index (Phi) is 7.74. The van der Waals surface area contributed by atoms with E-state index in [0.717, 1.165) is 25.9 Å². The molecule has 0 aromatic heterocycles. The third-order valence-corrected chi connectivity index (χ3v) is 3.97. The quantitative estimate of drug-likeness (QED) is 0.684. The number of carbonyl (C=O) groups excluding carboxylic acids is 1. The first-order chi connectivity index (χ1) is 9.08. The van der Waals surface area contributed by atoms with E-state index in [4.69, 9.17) is 5.73 Å². The van der Waals surface area contributed by atoms with Gasteiger partial charge in [-0.05, 0) is 52.1 Å². The highest BCUT2D eigenvalue weighted by Gasteiger charge is 2.29. The summed E-state index contributed by atoms with van der Waals surface area (Å²) in [4.78, 5) is 14.7. The number of carbonyl (C=O) groups is 1. The second-order valence-electron chi connectivity index (χ2n) is 7.24. The number of nitrogens with two attached hydrogens (primary N) is 1. The van der Waals surface area contributed by atoms with E-state index in [9.17, 15) is 4.79 Å². The zero-order valence-electron chi connectivity index (χ0n) is 14.5. The van der Waals surface area contributed by atoms with Crippen molar-refractivity contribution in [2.75, 3.05) is 19.6 Å². The average Bonchev–Trinajstić information content (AvgIpc) is 2.36. The summed E-state index contributed by atoms with van der Waals surface area (Å²) in [5.41, 5.74) is 5.71. The van der Waals surface area contributed by atoms with Gasteiger partial charge in [-0.15, -0.1) is 0 Å². The van der Waals surface area contributed by atoms with Crippen LogP contribution in [-0.2, 0) is 4.79 Å². The first-order valence-electron chi connectivity index (χ1n) is 7.84. The summed E-state index contributed by atoms with van der Waals surface area (Å²) in [7, 11) is 0. The second-order valence-corrected chi connectivity index (χ2v) is 7.24. The molecule has 0 heterocycles. The molecule has 4 nitrogen and oxygen atoms in total. The predicted octanol–water partition coefficient (Wildman–Crippen LogP) is 2.38. The van der Waals surface area contributed by atoms with Crippen LogP contribution in [0.1, 0.15) is 61.3 Å². The SMILES string of the molecule is CCCN(CC(C)(C)CN)C(C)C(=O)NC(C)(C)CC. The molecule has 0 aliphatic rings. The monoisotopic (exact) mass is 285 g/mol. The molecule has 0 aliphatic carbocycles. The summed E-state index contributed by atoms with van der Waals surface area (Å²) in [6, 6.07) is -0.119. The zero-order chi connectivity index (χ0) is 16.0. The summed E-state index contributed by atoms with van der Waals surface area (Å²) in [5.74, 6) is 0.109. The number of nitrogens with one attached hydrogen (secondary N) is 1. The number of hydrogen-bond donors (Lipinski definition) is 2. The fraction of sp³-hybridized carbons (Fsp3) is 0.938. The maximum Gasteiger partial charge on any atom is 0.237 e. The largest absolute Gasteiger partial charge is 0.350 e. The lowest BCUT2D eigenvalue weighted by molar-refractivity contribution is -0.128. The van der Waals surface area contributed by atoms with Gasteiger partial charge in [-0.1, -0.05) is 27.7 Å². The molecule has 20 heavy (non-hydrogen) atoms. The Morgan fingerprint density at radius 2 is 1.80 bits per heavy atom. The first-order valence-corrected chi connectivity index (χ1v) is 7.84.